The number of amides is 2. The van der Waals surface area contributed by atoms with E-state index in [2.05, 4.69) is 5.48 Å². The Morgan fingerprint density at radius 3 is 2.60 bits per heavy atom. The van der Waals surface area contributed by atoms with Crippen LogP contribution in [0.1, 0.15) is 11.1 Å². The number of imide groups is 1. The van der Waals surface area contributed by atoms with Gasteiger partial charge in [-0.05, 0) is 31.2 Å². The molecule has 30 heavy (non-hydrogen) atoms. The van der Waals surface area contributed by atoms with Crippen LogP contribution in [0.4, 0.5) is 11.4 Å². The van der Waals surface area contributed by atoms with Crippen molar-refractivity contribution in [3.63, 3.8) is 0 Å². The molecular weight excluding hydrogens is 394 g/mol. The fourth-order valence-corrected chi connectivity index (χ4v) is 3.58. The van der Waals surface area contributed by atoms with Crippen molar-refractivity contribution in [2.45, 2.75) is 13.0 Å². The van der Waals surface area contributed by atoms with Gasteiger partial charge in [-0.15, -0.1) is 0 Å². The zero-order chi connectivity index (χ0) is 21.6. The first kappa shape index (κ1) is 19.4. The Balaban J connectivity index is 1.85. The van der Waals surface area contributed by atoms with Gasteiger partial charge in [-0.2, -0.15) is 0 Å². The molecule has 10 heteroatoms. The topological polar surface area (TPSA) is 120 Å². The second-order valence-electron chi connectivity index (χ2n) is 6.61. The number of ether oxygens (including phenoxy) is 2. The lowest BCUT2D eigenvalue weighted by Crippen LogP contribution is -2.35. The molecule has 2 aliphatic heterocycles. The summed E-state index contributed by atoms with van der Waals surface area (Å²) in [7, 11) is 2.98. The molecule has 0 radical (unpaired) electrons. The van der Waals surface area contributed by atoms with Crippen molar-refractivity contribution >= 4 is 28.9 Å². The van der Waals surface area contributed by atoms with E-state index in [9.17, 15) is 19.7 Å². The summed E-state index contributed by atoms with van der Waals surface area (Å²) in [6.07, 6.45) is -1.18. The molecule has 154 valence electrons. The summed E-state index contributed by atoms with van der Waals surface area (Å²) in [5.74, 6) is -0.297. The summed E-state index contributed by atoms with van der Waals surface area (Å²) in [5.41, 5.74) is 3.66. The van der Waals surface area contributed by atoms with Gasteiger partial charge in [0.2, 0.25) is 0 Å². The van der Waals surface area contributed by atoms with E-state index in [-0.39, 0.29) is 28.2 Å². The van der Waals surface area contributed by atoms with E-state index in [0.717, 1.165) is 4.90 Å². The highest BCUT2D eigenvalue weighted by atomic mass is 16.7. The Bertz CT molecular complexity index is 1130. The fraction of sp³-hybridized carbons (Fsp3) is 0.200. The quantitative estimate of drug-likeness (QED) is 0.451. The molecule has 2 aromatic carbocycles. The maximum atomic E-state index is 13.3. The highest BCUT2D eigenvalue weighted by Gasteiger charge is 2.51. The molecule has 4 rings (SSSR count). The van der Waals surface area contributed by atoms with E-state index < -0.39 is 22.8 Å². The molecule has 1 N–H and O–H groups in total. The Morgan fingerprint density at radius 2 is 1.93 bits per heavy atom. The molecule has 0 saturated carbocycles. The zero-order valence-corrected chi connectivity index (χ0v) is 16.3. The first-order chi connectivity index (χ1) is 14.4. The number of nitro groups is 1. The van der Waals surface area contributed by atoms with Crippen LogP contribution < -0.4 is 19.9 Å². The molecule has 1 fully saturated rings. The predicted octanol–water partition coefficient (Wildman–Crippen LogP) is 2.11. The largest absolute Gasteiger partial charge is 0.497 e. The molecule has 2 amide bonds. The number of nitrogens with zero attached hydrogens (tertiary/aromatic N) is 2. The molecule has 0 unspecified atom stereocenters. The normalized spacial score (nSPS) is 17.8. The SMILES string of the molecule is COc1ccc(OC)c(C2=C3C(=O)N(c4cccc([N+](=O)[O-])c4C)C(=O)[C@H]3ON2)c1. The number of carbonyl (C=O) groups is 2. The fourth-order valence-electron chi connectivity index (χ4n) is 3.58. The summed E-state index contributed by atoms with van der Waals surface area (Å²) in [5, 5.41) is 11.3. The van der Waals surface area contributed by atoms with Gasteiger partial charge >= 0.3 is 0 Å². The van der Waals surface area contributed by atoms with Crippen molar-refractivity contribution in [3.05, 3.63) is 63.2 Å². The van der Waals surface area contributed by atoms with E-state index in [1.165, 1.54) is 39.3 Å². The summed E-state index contributed by atoms with van der Waals surface area (Å²) in [4.78, 5) is 43.2. The number of benzene rings is 2. The summed E-state index contributed by atoms with van der Waals surface area (Å²) in [6.45, 7) is 1.49. The third kappa shape index (κ3) is 2.77. The molecule has 0 bridgehead atoms. The molecule has 2 heterocycles. The van der Waals surface area contributed by atoms with Crippen LogP contribution >= 0.6 is 0 Å². The number of fused-ring (bicyclic) bond motifs is 1. The molecule has 1 atom stereocenters. The first-order valence-corrected chi connectivity index (χ1v) is 8.89. The highest BCUT2D eigenvalue weighted by Crippen LogP contribution is 2.41. The molecule has 0 aliphatic carbocycles. The second kappa shape index (κ2) is 7.16. The molecular formula is C20H17N3O7. The van der Waals surface area contributed by atoms with Crippen LogP contribution in [0.3, 0.4) is 0 Å². The maximum Gasteiger partial charge on any atom is 0.274 e. The third-order valence-corrected chi connectivity index (χ3v) is 5.08. The van der Waals surface area contributed by atoms with Gasteiger partial charge in [0.1, 0.15) is 11.5 Å². The molecule has 2 aromatic rings. The lowest BCUT2D eigenvalue weighted by molar-refractivity contribution is -0.385. The summed E-state index contributed by atoms with van der Waals surface area (Å²) < 4.78 is 10.6. The number of anilines is 1. The van der Waals surface area contributed by atoms with Crippen molar-refractivity contribution in [2.24, 2.45) is 0 Å². The van der Waals surface area contributed by atoms with E-state index >= 15 is 0 Å². The first-order valence-electron chi connectivity index (χ1n) is 8.89. The van der Waals surface area contributed by atoms with Gasteiger partial charge in [-0.1, -0.05) is 6.07 Å². The van der Waals surface area contributed by atoms with E-state index in [0.29, 0.717) is 17.1 Å². The number of nitrogens with one attached hydrogen (secondary N) is 1. The Labute approximate surface area is 170 Å². The van der Waals surface area contributed by atoms with Crippen LogP contribution in [0.15, 0.2) is 42.0 Å². The van der Waals surface area contributed by atoms with Gasteiger partial charge < -0.3 is 9.47 Å². The van der Waals surface area contributed by atoms with Crippen molar-refractivity contribution in [1.29, 1.82) is 0 Å². The maximum absolute atomic E-state index is 13.3. The minimum absolute atomic E-state index is 0.0949. The van der Waals surface area contributed by atoms with Crippen LogP contribution in [0.2, 0.25) is 0 Å². The summed E-state index contributed by atoms with van der Waals surface area (Å²) in [6, 6.07) is 9.24. The van der Waals surface area contributed by atoms with Gasteiger partial charge in [0.25, 0.3) is 17.5 Å². The Hall–Kier alpha value is -3.92. The van der Waals surface area contributed by atoms with Gasteiger partial charge in [0.05, 0.1) is 41.7 Å². The standard InChI is InChI=1S/C20H17N3O7/c1-10-13(5-4-6-14(10)23(26)27)22-19(24)16-17(21-30-18(16)20(22)25)12-9-11(28-2)7-8-15(12)29-3/h4-9,18,21H,1-3H3/t18-/m0/s1. The smallest absolute Gasteiger partial charge is 0.274 e. The van der Waals surface area contributed by atoms with Crippen LogP contribution in [0.5, 0.6) is 11.5 Å². The van der Waals surface area contributed by atoms with Crippen molar-refractivity contribution in [2.75, 3.05) is 19.1 Å². The minimum atomic E-state index is -1.18. The second-order valence-corrected chi connectivity index (χ2v) is 6.61. The van der Waals surface area contributed by atoms with E-state index in [1.807, 2.05) is 0 Å². The predicted molar refractivity (Wildman–Crippen MR) is 105 cm³/mol. The number of hydrogen-bond donors (Lipinski definition) is 1. The third-order valence-electron chi connectivity index (χ3n) is 5.08. The number of hydroxylamine groups is 1. The van der Waals surface area contributed by atoms with Gasteiger partial charge in [-0.3, -0.25) is 30.0 Å². The molecule has 0 aromatic heterocycles. The lowest BCUT2D eigenvalue weighted by Gasteiger charge is -2.18. The Morgan fingerprint density at radius 1 is 1.17 bits per heavy atom. The molecule has 1 saturated heterocycles. The van der Waals surface area contributed by atoms with Gasteiger partial charge in [0.15, 0.2) is 6.10 Å². The van der Waals surface area contributed by atoms with Gasteiger partial charge in [-0.25, -0.2) is 4.90 Å². The highest BCUT2D eigenvalue weighted by molar-refractivity contribution is 6.33. The average molecular weight is 411 g/mol. The number of rotatable bonds is 5. The van der Waals surface area contributed by atoms with Crippen molar-refractivity contribution < 1.29 is 28.8 Å². The number of carbonyl (C=O) groups excluding carboxylic acids is 2. The van der Waals surface area contributed by atoms with Crippen LogP contribution in [-0.4, -0.2) is 37.1 Å². The number of hydrogen-bond acceptors (Lipinski definition) is 8. The van der Waals surface area contributed by atoms with Crippen molar-refractivity contribution in [1.82, 2.24) is 5.48 Å². The van der Waals surface area contributed by atoms with Crippen LogP contribution in [0.25, 0.3) is 5.70 Å². The van der Waals surface area contributed by atoms with Crippen LogP contribution in [0, 0.1) is 17.0 Å². The molecule has 0 spiro atoms. The van der Waals surface area contributed by atoms with Crippen molar-refractivity contribution in [3.8, 4) is 11.5 Å². The molecule has 2 aliphatic rings. The monoisotopic (exact) mass is 411 g/mol. The number of nitro benzene ring substituents is 1. The zero-order valence-electron chi connectivity index (χ0n) is 16.3. The van der Waals surface area contributed by atoms with E-state index in [1.54, 1.807) is 18.2 Å². The summed E-state index contributed by atoms with van der Waals surface area (Å²) >= 11 is 0. The van der Waals surface area contributed by atoms with Crippen LogP contribution in [-0.2, 0) is 14.4 Å². The Kier molecular flexibility index (Phi) is 4.63. The minimum Gasteiger partial charge on any atom is -0.497 e. The average Bonchev–Trinajstić information content (AvgIpc) is 3.28. The van der Waals surface area contributed by atoms with E-state index in [4.69, 9.17) is 14.3 Å². The molecule has 10 nitrogen and oxygen atoms in total. The number of methoxy groups -OCH3 is 2. The lowest BCUT2D eigenvalue weighted by atomic mass is 10.0. The van der Waals surface area contributed by atoms with Gasteiger partial charge in [0, 0.05) is 11.6 Å².